The fourth-order valence-corrected chi connectivity index (χ4v) is 8.28. The maximum Gasteiger partial charge on any atom is 0.340 e. The molecule has 4 aliphatic heterocycles. The Morgan fingerprint density at radius 2 is 1.63 bits per heavy atom. The molecule has 6 fully saturated rings. The lowest BCUT2D eigenvalue weighted by molar-refractivity contribution is -0.208. The van der Waals surface area contributed by atoms with Gasteiger partial charge in [-0.1, -0.05) is 27.7 Å². The number of carbonyl (C=O) groups excluding carboxylic acids is 3. The first-order valence-electron chi connectivity index (χ1n) is 10.2. The van der Waals surface area contributed by atoms with Gasteiger partial charge in [0.15, 0.2) is 11.7 Å². The second-order valence-corrected chi connectivity index (χ2v) is 10.6. The Labute approximate surface area is 171 Å². The molecule has 0 aromatic carbocycles. The van der Waals surface area contributed by atoms with Gasteiger partial charge in [0.2, 0.25) is 6.29 Å². The van der Waals surface area contributed by atoms with E-state index in [1.165, 1.54) is 0 Å². The molecule has 10 nitrogen and oxygen atoms in total. The second kappa shape index (κ2) is 4.85. The summed E-state index contributed by atoms with van der Waals surface area (Å²) in [6.07, 6.45) is -8.29. The van der Waals surface area contributed by atoms with Crippen molar-refractivity contribution in [2.45, 2.75) is 70.1 Å². The molecule has 2 spiro atoms. The van der Waals surface area contributed by atoms with Crippen molar-refractivity contribution >= 4 is 17.9 Å². The van der Waals surface area contributed by atoms with E-state index in [1.54, 1.807) is 6.92 Å². The normalized spacial score (nSPS) is 60.1. The van der Waals surface area contributed by atoms with Crippen LogP contribution in [0.5, 0.6) is 0 Å². The summed E-state index contributed by atoms with van der Waals surface area (Å²) in [6.45, 7) is 7.05. The molecule has 6 rings (SSSR count). The summed E-state index contributed by atoms with van der Waals surface area (Å²) in [5, 5.41) is 34.2. The molecule has 2 saturated carbocycles. The lowest BCUT2D eigenvalue weighted by Crippen LogP contribution is -2.63. The number of aliphatic hydroxyl groups is 3. The molecular weight excluding hydrogens is 400 g/mol. The highest BCUT2D eigenvalue weighted by Crippen LogP contribution is 2.83. The molecule has 164 valence electrons. The summed E-state index contributed by atoms with van der Waals surface area (Å²) in [6, 6.07) is 0. The molecule has 3 N–H and O–H groups in total. The molecule has 4 saturated heterocycles. The molecular formula is C20H24O10. The van der Waals surface area contributed by atoms with Crippen molar-refractivity contribution in [3.05, 3.63) is 0 Å². The van der Waals surface area contributed by atoms with Crippen LogP contribution in [0.4, 0.5) is 0 Å². The van der Waals surface area contributed by atoms with Crippen molar-refractivity contribution in [1.82, 2.24) is 0 Å². The quantitative estimate of drug-likeness (QED) is 0.309. The highest BCUT2D eigenvalue weighted by Gasteiger charge is 3.01. The monoisotopic (exact) mass is 424 g/mol. The zero-order valence-corrected chi connectivity index (χ0v) is 16.9. The first-order chi connectivity index (χ1) is 13.9. The van der Waals surface area contributed by atoms with Gasteiger partial charge in [-0.25, -0.2) is 9.59 Å². The van der Waals surface area contributed by atoms with Crippen LogP contribution in [0.15, 0.2) is 0 Å². The van der Waals surface area contributed by atoms with Gasteiger partial charge < -0.3 is 34.3 Å². The predicted molar refractivity (Wildman–Crippen MR) is 91.9 cm³/mol. The molecule has 0 bridgehead atoms. The summed E-state index contributed by atoms with van der Waals surface area (Å²) in [7, 11) is 0. The average molecular weight is 424 g/mol. The van der Waals surface area contributed by atoms with Crippen LogP contribution in [0.3, 0.4) is 0 Å². The molecule has 4 heterocycles. The molecule has 0 aromatic rings. The third-order valence-electron chi connectivity index (χ3n) is 8.76. The lowest BCUT2D eigenvalue weighted by Gasteiger charge is -2.47. The summed E-state index contributed by atoms with van der Waals surface area (Å²) >= 11 is 0. The SMILES string of the molecule is C[C@@H]1C(=O)O[C@@H]2[C@@H]1[C@@]13O[C@H]4OC(=O)[C@H](O)[C@]45[C@H](C(C)(C)C)[C@@H](O)[C@@H](OC1=O)[C@]53[C@H]2O. The van der Waals surface area contributed by atoms with E-state index >= 15 is 0 Å². The average Bonchev–Trinajstić information content (AvgIpc) is 3.34. The topological polar surface area (TPSA) is 149 Å². The van der Waals surface area contributed by atoms with E-state index in [9.17, 15) is 29.7 Å². The smallest absolute Gasteiger partial charge is 0.340 e. The molecule has 0 aromatic heterocycles. The first-order valence-corrected chi connectivity index (χ1v) is 10.2. The predicted octanol–water partition coefficient (Wildman–Crippen LogP) is -1.51. The number of esters is 3. The minimum Gasteiger partial charge on any atom is -0.459 e. The van der Waals surface area contributed by atoms with E-state index in [4.69, 9.17) is 18.9 Å². The fourth-order valence-electron chi connectivity index (χ4n) is 8.28. The van der Waals surface area contributed by atoms with Gasteiger partial charge in [0.05, 0.1) is 28.8 Å². The Balaban J connectivity index is 1.71. The Hall–Kier alpha value is -1.75. The van der Waals surface area contributed by atoms with Gasteiger partial charge in [0, 0.05) is 5.92 Å². The van der Waals surface area contributed by atoms with Crippen LogP contribution in [0, 0.1) is 34.0 Å². The minimum atomic E-state index is -1.89. The van der Waals surface area contributed by atoms with Gasteiger partial charge in [-0.3, -0.25) is 4.79 Å². The maximum atomic E-state index is 13.3. The number of hydrogen-bond acceptors (Lipinski definition) is 10. The van der Waals surface area contributed by atoms with E-state index in [-0.39, 0.29) is 0 Å². The molecule has 0 radical (unpaired) electrons. The number of carbonyl (C=O) groups is 3. The van der Waals surface area contributed by atoms with Gasteiger partial charge in [-0.05, 0) is 5.41 Å². The van der Waals surface area contributed by atoms with E-state index in [0.29, 0.717) is 0 Å². The van der Waals surface area contributed by atoms with Crippen molar-refractivity contribution < 1.29 is 48.7 Å². The maximum absolute atomic E-state index is 13.3. The van der Waals surface area contributed by atoms with Crippen LogP contribution in [-0.4, -0.2) is 75.6 Å². The molecule has 0 unspecified atom stereocenters. The largest absolute Gasteiger partial charge is 0.459 e. The van der Waals surface area contributed by atoms with E-state index in [0.717, 1.165) is 0 Å². The zero-order chi connectivity index (χ0) is 21.8. The Bertz CT molecular complexity index is 910. The molecule has 30 heavy (non-hydrogen) atoms. The Morgan fingerprint density at radius 1 is 0.967 bits per heavy atom. The third-order valence-corrected chi connectivity index (χ3v) is 8.76. The van der Waals surface area contributed by atoms with Gasteiger partial charge in [0.1, 0.15) is 18.3 Å². The fraction of sp³-hybridized carbons (Fsp3) is 0.850. The molecule has 6 aliphatic rings. The summed E-state index contributed by atoms with van der Waals surface area (Å²) in [4.78, 5) is 38.2. The van der Waals surface area contributed by atoms with Crippen LogP contribution in [0.2, 0.25) is 0 Å². The standard InChI is InChI=1S/C20H24O10/c1-5-6-8(27-13(5)24)10(22)19-12-7(21)9(17(2,3)4)18(19)11(23)14(25)29-16(18)30-20(6,19)15(26)28-12/h5-12,16,21-23H,1-4H3/t5-,6+,7+,8+,9-,10-,11-,12+,16+,18+,19+,20+/m0/s1. The summed E-state index contributed by atoms with van der Waals surface area (Å²) in [5.41, 5.74) is -5.96. The van der Waals surface area contributed by atoms with Crippen LogP contribution in [-0.2, 0) is 33.3 Å². The molecule has 0 amide bonds. The number of fused-ring (bicyclic) bond motifs is 1. The zero-order valence-electron chi connectivity index (χ0n) is 16.9. The first kappa shape index (κ1) is 19.0. The van der Waals surface area contributed by atoms with Crippen LogP contribution >= 0.6 is 0 Å². The number of rotatable bonds is 0. The molecule has 2 aliphatic carbocycles. The van der Waals surface area contributed by atoms with Gasteiger partial charge in [0.25, 0.3) is 0 Å². The van der Waals surface area contributed by atoms with Crippen LogP contribution in [0.25, 0.3) is 0 Å². The third kappa shape index (κ3) is 1.40. The van der Waals surface area contributed by atoms with Crippen molar-refractivity contribution in [3.63, 3.8) is 0 Å². The van der Waals surface area contributed by atoms with Crippen molar-refractivity contribution in [1.29, 1.82) is 0 Å². The van der Waals surface area contributed by atoms with Gasteiger partial charge in [-0.2, -0.15) is 0 Å². The number of aliphatic hydroxyl groups excluding tert-OH is 3. The van der Waals surface area contributed by atoms with E-state index in [2.05, 4.69) is 0 Å². The number of hydrogen-bond donors (Lipinski definition) is 3. The van der Waals surface area contributed by atoms with E-state index < -0.39 is 94.3 Å². The molecule has 10 heteroatoms. The van der Waals surface area contributed by atoms with Crippen molar-refractivity contribution in [2.24, 2.45) is 34.0 Å². The lowest BCUT2D eigenvalue weighted by atomic mass is 9.51. The Kier molecular flexibility index (Phi) is 3.06. The summed E-state index contributed by atoms with van der Waals surface area (Å²) in [5.74, 6) is -4.90. The second-order valence-electron chi connectivity index (χ2n) is 10.6. The number of ether oxygens (including phenoxy) is 4. The van der Waals surface area contributed by atoms with Crippen LogP contribution in [0.1, 0.15) is 27.7 Å². The van der Waals surface area contributed by atoms with E-state index in [1.807, 2.05) is 20.8 Å². The van der Waals surface area contributed by atoms with Crippen molar-refractivity contribution in [2.75, 3.05) is 0 Å². The molecule has 12 atom stereocenters. The van der Waals surface area contributed by atoms with Gasteiger partial charge in [-0.15, -0.1) is 0 Å². The minimum absolute atomic E-state index is 0.581. The van der Waals surface area contributed by atoms with Crippen molar-refractivity contribution in [3.8, 4) is 0 Å². The highest BCUT2D eigenvalue weighted by atomic mass is 16.7. The van der Waals surface area contributed by atoms with Gasteiger partial charge >= 0.3 is 17.9 Å². The van der Waals surface area contributed by atoms with Crippen LogP contribution < -0.4 is 0 Å². The Morgan fingerprint density at radius 3 is 2.27 bits per heavy atom. The highest BCUT2D eigenvalue weighted by molar-refractivity contribution is 5.92. The summed E-state index contributed by atoms with van der Waals surface area (Å²) < 4.78 is 22.7.